The van der Waals surface area contributed by atoms with Gasteiger partial charge in [0.05, 0.1) is 12.8 Å². The van der Waals surface area contributed by atoms with Crippen molar-refractivity contribution >= 4 is 11.7 Å². The number of rotatable bonds is 3. The summed E-state index contributed by atoms with van der Waals surface area (Å²) >= 11 is 0. The highest BCUT2D eigenvalue weighted by Crippen LogP contribution is 2.25. The Morgan fingerprint density at radius 2 is 2.25 bits per heavy atom. The summed E-state index contributed by atoms with van der Waals surface area (Å²) in [6.07, 6.45) is -2.85. The van der Waals surface area contributed by atoms with Crippen molar-refractivity contribution in [2.75, 3.05) is 12.8 Å². The number of hydrogen-bond acceptors (Lipinski definition) is 5. The molecule has 0 aliphatic rings. The number of methoxy groups -OCH3 is 1. The highest BCUT2D eigenvalue weighted by Gasteiger charge is 2.20. The van der Waals surface area contributed by atoms with E-state index in [0.29, 0.717) is 0 Å². The van der Waals surface area contributed by atoms with Gasteiger partial charge in [0.1, 0.15) is 5.69 Å². The second-order valence-corrected chi connectivity index (χ2v) is 2.97. The number of nitrogens with zero attached hydrogens (tertiary/aromatic N) is 1. The van der Waals surface area contributed by atoms with Gasteiger partial charge in [0.2, 0.25) is 0 Å². The Morgan fingerprint density at radius 3 is 2.69 bits per heavy atom. The fourth-order valence-electron chi connectivity index (χ4n) is 1.19. The lowest BCUT2D eigenvalue weighted by Gasteiger charge is -2.10. The molecule has 0 unspecified atom stereocenters. The Bertz CT molecular complexity index is 410. The average molecular weight is 231 g/mol. The minimum atomic E-state index is -2.85. The molecule has 0 aliphatic heterocycles. The molecule has 1 heterocycles. The molecule has 0 bridgehead atoms. The molecule has 7 heteroatoms. The number of alkyl halides is 2. The Hall–Kier alpha value is -1.76. The largest absolute Gasteiger partial charge is 0.464 e. The summed E-state index contributed by atoms with van der Waals surface area (Å²) in [6.45, 7) is -0.0366. The number of esters is 1. The molecular formula is C9H11F2N3O2. The Balaban J connectivity index is 3.34. The number of pyridine rings is 1. The van der Waals surface area contributed by atoms with Crippen LogP contribution in [-0.2, 0) is 11.3 Å². The second kappa shape index (κ2) is 4.84. The minimum absolute atomic E-state index is 0.0366. The van der Waals surface area contributed by atoms with Gasteiger partial charge in [0.25, 0.3) is 6.43 Å². The maximum atomic E-state index is 12.5. The lowest BCUT2D eigenvalue weighted by atomic mass is 10.1. The first-order valence-corrected chi connectivity index (χ1v) is 4.37. The molecule has 0 spiro atoms. The predicted molar refractivity (Wildman–Crippen MR) is 52.8 cm³/mol. The van der Waals surface area contributed by atoms with Gasteiger partial charge in [-0.15, -0.1) is 0 Å². The predicted octanol–water partition coefficient (Wildman–Crippen LogP) is 0.847. The number of anilines is 1. The topological polar surface area (TPSA) is 91.2 Å². The van der Waals surface area contributed by atoms with E-state index in [4.69, 9.17) is 11.5 Å². The highest BCUT2D eigenvalue weighted by molar-refractivity contribution is 5.89. The molecule has 1 aromatic rings. The quantitative estimate of drug-likeness (QED) is 0.752. The van der Waals surface area contributed by atoms with Crippen LogP contribution in [0.3, 0.4) is 0 Å². The van der Waals surface area contributed by atoms with E-state index in [1.807, 2.05) is 0 Å². The number of halogens is 2. The first kappa shape index (κ1) is 12.3. The van der Waals surface area contributed by atoms with Crippen molar-refractivity contribution in [3.05, 3.63) is 23.0 Å². The number of carbonyl (C=O) groups excluding carboxylic acids is 1. The van der Waals surface area contributed by atoms with E-state index < -0.39 is 18.1 Å². The number of nitrogen functional groups attached to an aromatic ring is 1. The zero-order valence-corrected chi connectivity index (χ0v) is 8.54. The third-order valence-electron chi connectivity index (χ3n) is 1.97. The van der Waals surface area contributed by atoms with E-state index in [2.05, 4.69) is 9.72 Å². The van der Waals surface area contributed by atoms with Crippen LogP contribution in [0, 0.1) is 0 Å². The zero-order valence-electron chi connectivity index (χ0n) is 8.54. The summed E-state index contributed by atoms with van der Waals surface area (Å²) in [5, 5.41) is 0. The van der Waals surface area contributed by atoms with E-state index >= 15 is 0 Å². The van der Waals surface area contributed by atoms with Gasteiger partial charge in [0, 0.05) is 12.1 Å². The van der Waals surface area contributed by atoms with Gasteiger partial charge in [-0.05, 0) is 6.07 Å². The lowest BCUT2D eigenvalue weighted by molar-refractivity contribution is 0.0591. The van der Waals surface area contributed by atoms with Crippen molar-refractivity contribution in [3.63, 3.8) is 0 Å². The molecule has 0 saturated heterocycles. The summed E-state index contributed by atoms with van der Waals surface area (Å²) < 4.78 is 29.4. The van der Waals surface area contributed by atoms with Crippen LogP contribution in [0.2, 0.25) is 0 Å². The molecule has 0 aliphatic carbocycles. The van der Waals surface area contributed by atoms with E-state index in [1.54, 1.807) is 0 Å². The molecule has 0 fully saturated rings. The SMILES string of the molecule is COC(=O)c1nc(C(F)F)c(N)cc1CN. The van der Waals surface area contributed by atoms with Crippen molar-refractivity contribution in [1.82, 2.24) is 4.98 Å². The molecule has 0 aromatic carbocycles. The molecule has 4 N–H and O–H groups in total. The van der Waals surface area contributed by atoms with Gasteiger partial charge < -0.3 is 16.2 Å². The van der Waals surface area contributed by atoms with Crippen molar-refractivity contribution in [2.45, 2.75) is 13.0 Å². The van der Waals surface area contributed by atoms with Gasteiger partial charge in [0.15, 0.2) is 5.69 Å². The van der Waals surface area contributed by atoms with Gasteiger partial charge in [-0.1, -0.05) is 0 Å². The smallest absolute Gasteiger partial charge is 0.356 e. The van der Waals surface area contributed by atoms with Crippen molar-refractivity contribution in [3.8, 4) is 0 Å². The number of ether oxygens (including phenoxy) is 1. The van der Waals surface area contributed by atoms with Crippen LogP contribution in [0.25, 0.3) is 0 Å². The van der Waals surface area contributed by atoms with Gasteiger partial charge in [-0.25, -0.2) is 18.6 Å². The monoisotopic (exact) mass is 231 g/mol. The average Bonchev–Trinajstić information content (AvgIpc) is 2.27. The minimum Gasteiger partial charge on any atom is -0.464 e. The van der Waals surface area contributed by atoms with Crippen molar-refractivity contribution < 1.29 is 18.3 Å². The summed E-state index contributed by atoms with van der Waals surface area (Å²) in [6, 6.07) is 1.21. The van der Waals surface area contributed by atoms with Crippen molar-refractivity contribution in [2.24, 2.45) is 5.73 Å². The molecular weight excluding hydrogens is 220 g/mol. The Labute approximate surface area is 90.4 Å². The van der Waals surface area contributed by atoms with Gasteiger partial charge >= 0.3 is 5.97 Å². The van der Waals surface area contributed by atoms with Crippen LogP contribution in [0.15, 0.2) is 6.07 Å². The molecule has 1 aromatic heterocycles. The van der Waals surface area contributed by atoms with Crippen LogP contribution in [-0.4, -0.2) is 18.1 Å². The van der Waals surface area contributed by atoms with E-state index in [9.17, 15) is 13.6 Å². The molecule has 0 amide bonds. The van der Waals surface area contributed by atoms with Crippen LogP contribution in [0.5, 0.6) is 0 Å². The maximum Gasteiger partial charge on any atom is 0.356 e. The van der Waals surface area contributed by atoms with Crippen molar-refractivity contribution in [1.29, 1.82) is 0 Å². The first-order chi connectivity index (χ1) is 7.51. The summed E-state index contributed by atoms with van der Waals surface area (Å²) in [5.74, 6) is -0.817. The van der Waals surface area contributed by atoms with Crippen LogP contribution < -0.4 is 11.5 Å². The normalized spacial score (nSPS) is 10.6. The van der Waals surface area contributed by atoms with E-state index in [1.165, 1.54) is 6.07 Å². The Kier molecular flexibility index (Phi) is 3.73. The number of carbonyl (C=O) groups is 1. The first-order valence-electron chi connectivity index (χ1n) is 4.37. The third kappa shape index (κ3) is 2.25. The van der Waals surface area contributed by atoms with Gasteiger partial charge in [-0.2, -0.15) is 0 Å². The summed E-state index contributed by atoms with van der Waals surface area (Å²) in [7, 11) is 1.13. The fraction of sp³-hybridized carbons (Fsp3) is 0.333. The van der Waals surface area contributed by atoms with E-state index in [0.717, 1.165) is 7.11 Å². The number of hydrogen-bond donors (Lipinski definition) is 2. The molecule has 0 atom stereocenters. The summed E-state index contributed by atoms with van der Waals surface area (Å²) in [5.41, 5.74) is 9.92. The standard InChI is InChI=1S/C9H11F2N3O2/c1-16-9(15)6-4(3-12)2-5(13)7(14-6)8(10)11/h2,8H,3,12-13H2,1H3. The molecule has 16 heavy (non-hydrogen) atoms. The Morgan fingerprint density at radius 1 is 1.62 bits per heavy atom. The molecule has 5 nitrogen and oxygen atoms in total. The van der Waals surface area contributed by atoms with Crippen LogP contribution >= 0.6 is 0 Å². The number of nitrogens with two attached hydrogens (primary N) is 2. The van der Waals surface area contributed by atoms with Crippen LogP contribution in [0.4, 0.5) is 14.5 Å². The molecule has 1 rings (SSSR count). The molecule has 88 valence electrons. The second-order valence-electron chi connectivity index (χ2n) is 2.97. The lowest BCUT2D eigenvalue weighted by Crippen LogP contribution is -2.14. The van der Waals surface area contributed by atoms with E-state index in [-0.39, 0.29) is 23.5 Å². The number of aromatic nitrogens is 1. The molecule has 0 saturated carbocycles. The maximum absolute atomic E-state index is 12.5. The summed E-state index contributed by atoms with van der Waals surface area (Å²) in [4.78, 5) is 14.7. The fourth-order valence-corrected chi connectivity index (χ4v) is 1.19. The third-order valence-corrected chi connectivity index (χ3v) is 1.97. The van der Waals surface area contributed by atoms with Crippen LogP contribution in [0.1, 0.15) is 28.2 Å². The van der Waals surface area contributed by atoms with Gasteiger partial charge in [-0.3, -0.25) is 0 Å². The molecule has 0 radical (unpaired) electrons. The zero-order chi connectivity index (χ0) is 12.3. The highest BCUT2D eigenvalue weighted by atomic mass is 19.3.